The standard InChI is InChI=1S/C38H44F3N5O7/c1-37(49)18-46(14-25(15-47)52-19-37)34-30-33(31(41)32(42-35(30)50-2)26-10-24(48)9-22-5-3-6-27(40)29(22)26)43-36(44-34)53-20-38-8-4-7-28(38)45(13-23(39)11-38)12-21-16-51-17-21/h3,5-6,9-10,21,23,25,28,47-49H,4,7-8,11-20H2,1-2H3/t23-,25+,28+,37-,38+/m0/s1. The fraction of sp³-hybridized carbons (Fsp3) is 0.553. The number of alkyl halides is 1. The number of phenols is 1. The first-order valence-electron chi connectivity index (χ1n) is 18.1. The minimum atomic E-state index is -1.40. The van der Waals surface area contributed by atoms with Crippen LogP contribution in [0.5, 0.6) is 17.6 Å². The number of methoxy groups -OCH3 is 1. The van der Waals surface area contributed by atoms with Crippen LogP contribution in [0.1, 0.15) is 32.6 Å². The third-order valence-corrected chi connectivity index (χ3v) is 11.2. The maximum atomic E-state index is 17.2. The normalized spacial score (nSPS) is 28.2. The molecular formula is C38H44F3N5O7. The quantitative estimate of drug-likeness (QED) is 0.224. The van der Waals surface area contributed by atoms with Gasteiger partial charge in [-0.15, -0.1) is 0 Å². The van der Waals surface area contributed by atoms with Crippen LogP contribution in [-0.4, -0.2) is 125 Å². The van der Waals surface area contributed by atoms with Gasteiger partial charge in [-0.2, -0.15) is 9.97 Å². The molecule has 0 radical (unpaired) electrons. The molecule has 53 heavy (non-hydrogen) atoms. The number of rotatable bonds is 9. The Balaban J connectivity index is 1.27. The molecule has 5 heterocycles. The van der Waals surface area contributed by atoms with Gasteiger partial charge in [0.1, 0.15) is 45.8 Å². The number of hydrogen-bond acceptors (Lipinski definition) is 12. The molecule has 3 aliphatic heterocycles. The van der Waals surface area contributed by atoms with Crippen LogP contribution >= 0.6 is 0 Å². The number of piperidine rings is 1. The zero-order valence-corrected chi connectivity index (χ0v) is 29.7. The van der Waals surface area contributed by atoms with E-state index >= 15 is 13.2 Å². The molecule has 12 nitrogen and oxygen atoms in total. The van der Waals surface area contributed by atoms with Crippen LogP contribution in [0, 0.1) is 23.0 Å². The van der Waals surface area contributed by atoms with Crippen LogP contribution in [0.25, 0.3) is 32.9 Å². The van der Waals surface area contributed by atoms with Gasteiger partial charge in [-0.25, -0.2) is 18.2 Å². The molecule has 3 N–H and O–H groups in total. The predicted octanol–water partition coefficient (Wildman–Crippen LogP) is 4.39. The highest BCUT2D eigenvalue weighted by Gasteiger charge is 2.52. The van der Waals surface area contributed by atoms with Crippen molar-refractivity contribution >= 4 is 27.5 Å². The number of benzene rings is 2. The van der Waals surface area contributed by atoms with Crippen LogP contribution < -0.4 is 14.4 Å². The van der Waals surface area contributed by atoms with E-state index in [0.29, 0.717) is 37.5 Å². The summed E-state index contributed by atoms with van der Waals surface area (Å²) >= 11 is 0. The Hall–Kier alpha value is -4.02. The highest BCUT2D eigenvalue weighted by molar-refractivity contribution is 6.02. The molecule has 15 heteroatoms. The van der Waals surface area contributed by atoms with Crippen LogP contribution in [0.15, 0.2) is 30.3 Å². The number of anilines is 1. The second-order valence-electron chi connectivity index (χ2n) is 15.4. The van der Waals surface area contributed by atoms with Crippen LogP contribution in [0.2, 0.25) is 0 Å². The lowest BCUT2D eigenvalue weighted by Crippen LogP contribution is -2.57. The molecule has 5 atom stereocenters. The highest BCUT2D eigenvalue weighted by Crippen LogP contribution is 2.49. The Morgan fingerprint density at radius 1 is 1.09 bits per heavy atom. The van der Waals surface area contributed by atoms with Crippen LogP contribution in [-0.2, 0) is 9.47 Å². The monoisotopic (exact) mass is 739 g/mol. The van der Waals surface area contributed by atoms with Gasteiger partial charge in [-0.1, -0.05) is 18.6 Å². The molecular weight excluding hydrogens is 695 g/mol. The number of halogens is 3. The lowest BCUT2D eigenvalue weighted by atomic mass is 9.74. The van der Waals surface area contributed by atoms with Crippen molar-refractivity contribution in [1.29, 1.82) is 0 Å². The van der Waals surface area contributed by atoms with E-state index in [9.17, 15) is 15.3 Å². The van der Waals surface area contributed by atoms with Gasteiger partial charge in [0.05, 0.1) is 52.8 Å². The van der Waals surface area contributed by atoms with Crippen molar-refractivity contribution in [1.82, 2.24) is 19.9 Å². The first kappa shape index (κ1) is 36.0. The van der Waals surface area contributed by atoms with Crippen LogP contribution in [0.4, 0.5) is 19.0 Å². The second-order valence-corrected chi connectivity index (χ2v) is 15.4. The molecule has 2 aromatic heterocycles. The van der Waals surface area contributed by atoms with Crippen molar-refractivity contribution in [3.8, 4) is 28.9 Å². The van der Waals surface area contributed by atoms with Gasteiger partial charge in [0.15, 0.2) is 5.82 Å². The smallest absolute Gasteiger partial charge is 0.319 e. The van der Waals surface area contributed by atoms with Gasteiger partial charge in [0.2, 0.25) is 5.88 Å². The van der Waals surface area contributed by atoms with E-state index in [4.69, 9.17) is 23.9 Å². The minimum absolute atomic E-state index is 0.0225. The number of nitrogens with zero attached hydrogens (tertiary/aromatic N) is 5. The van der Waals surface area contributed by atoms with E-state index in [1.807, 2.05) is 0 Å². The lowest BCUT2D eigenvalue weighted by Gasteiger charge is -2.49. The van der Waals surface area contributed by atoms with E-state index in [1.165, 1.54) is 31.4 Å². The first-order chi connectivity index (χ1) is 25.5. The summed E-state index contributed by atoms with van der Waals surface area (Å²) in [6.07, 6.45) is 1.08. The molecule has 284 valence electrons. The number of aromatic nitrogens is 3. The molecule has 0 amide bonds. The predicted molar refractivity (Wildman–Crippen MR) is 189 cm³/mol. The average Bonchev–Trinajstić information content (AvgIpc) is 3.46. The molecule has 4 fully saturated rings. The van der Waals surface area contributed by atoms with E-state index in [1.54, 1.807) is 17.9 Å². The Kier molecular flexibility index (Phi) is 9.50. The summed E-state index contributed by atoms with van der Waals surface area (Å²) in [5.74, 6) is -1.45. The number of β-amino-alcohol motifs (C(OH)–C–C–N with tert-alkyl or cyclic N) is 1. The van der Waals surface area contributed by atoms with Crippen molar-refractivity contribution in [3.63, 3.8) is 0 Å². The molecule has 2 aromatic carbocycles. The number of aliphatic hydroxyl groups is 2. The van der Waals surface area contributed by atoms with E-state index in [0.717, 1.165) is 25.8 Å². The summed E-state index contributed by atoms with van der Waals surface area (Å²) in [6.45, 7) is 3.68. The van der Waals surface area contributed by atoms with E-state index < -0.39 is 34.9 Å². The molecule has 0 unspecified atom stereocenters. The number of aromatic hydroxyl groups is 1. The summed E-state index contributed by atoms with van der Waals surface area (Å²) in [5, 5.41) is 32.4. The molecule has 4 aliphatic rings. The summed E-state index contributed by atoms with van der Waals surface area (Å²) in [4.78, 5) is 17.7. The van der Waals surface area contributed by atoms with Gasteiger partial charge in [-0.05, 0) is 49.8 Å². The Morgan fingerprint density at radius 2 is 1.92 bits per heavy atom. The van der Waals surface area contributed by atoms with Gasteiger partial charge in [0.25, 0.3) is 0 Å². The zero-order valence-electron chi connectivity index (χ0n) is 29.7. The van der Waals surface area contributed by atoms with Gasteiger partial charge in [-0.3, -0.25) is 4.90 Å². The molecule has 1 aliphatic carbocycles. The number of ether oxygens (including phenoxy) is 4. The van der Waals surface area contributed by atoms with Crippen molar-refractivity contribution < 1.29 is 47.4 Å². The van der Waals surface area contributed by atoms with Gasteiger partial charge in [0, 0.05) is 48.0 Å². The number of aliphatic hydroxyl groups excluding tert-OH is 1. The maximum absolute atomic E-state index is 17.2. The molecule has 0 spiro atoms. The lowest BCUT2D eigenvalue weighted by molar-refractivity contribution is -0.0865. The second kappa shape index (κ2) is 14.0. The average molecular weight is 740 g/mol. The fourth-order valence-electron chi connectivity index (χ4n) is 8.84. The Bertz CT molecular complexity index is 2020. The van der Waals surface area contributed by atoms with Crippen molar-refractivity contribution in [2.75, 3.05) is 71.2 Å². The summed E-state index contributed by atoms with van der Waals surface area (Å²) < 4.78 is 71.3. The van der Waals surface area contributed by atoms with Crippen molar-refractivity contribution in [2.24, 2.45) is 11.3 Å². The van der Waals surface area contributed by atoms with Crippen molar-refractivity contribution in [3.05, 3.63) is 42.0 Å². The van der Waals surface area contributed by atoms with Gasteiger partial charge >= 0.3 is 6.01 Å². The first-order valence-corrected chi connectivity index (χ1v) is 18.1. The highest BCUT2D eigenvalue weighted by atomic mass is 19.1. The number of pyridine rings is 1. The van der Waals surface area contributed by atoms with Crippen molar-refractivity contribution in [2.45, 2.75) is 56.5 Å². The summed E-state index contributed by atoms with van der Waals surface area (Å²) in [6, 6.07) is 6.82. The van der Waals surface area contributed by atoms with E-state index in [2.05, 4.69) is 14.9 Å². The molecule has 0 bridgehead atoms. The molecule has 3 saturated heterocycles. The SMILES string of the molecule is COc1nc(-c2cc(O)cc3cccc(F)c23)c(F)c2nc(OC[C@]34CCC[C@H]3N(CC3COC3)C[C@@H](F)C4)nc(N3C[C@H](CO)OC[C@@](C)(O)C3)c12. The molecule has 8 rings (SSSR count). The zero-order chi connectivity index (χ0) is 37.1. The number of hydrogen-bond donors (Lipinski definition) is 3. The van der Waals surface area contributed by atoms with E-state index in [-0.39, 0.29) is 90.0 Å². The molecule has 1 saturated carbocycles. The minimum Gasteiger partial charge on any atom is -0.508 e. The third-order valence-electron chi connectivity index (χ3n) is 11.2. The number of fused-ring (bicyclic) bond motifs is 3. The number of phenolic OH excluding ortho intramolecular Hbond substituents is 1. The van der Waals surface area contributed by atoms with Gasteiger partial charge < -0.3 is 39.2 Å². The maximum Gasteiger partial charge on any atom is 0.319 e. The summed E-state index contributed by atoms with van der Waals surface area (Å²) in [5.41, 5.74) is -2.54. The van der Waals surface area contributed by atoms with Crippen LogP contribution in [0.3, 0.4) is 0 Å². The Labute approximate surface area is 304 Å². The summed E-state index contributed by atoms with van der Waals surface area (Å²) in [7, 11) is 1.34. The third kappa shape index (κ3) is 6.71. The molecule has 4 aromatic rings. The fourth-order valence-corrected chi connectivity index (χ4v) is 8.84. The largest absolute Gasteiger partial charge is 0.508 e. The topological polar surface area (TPSA) is 143 Å². The Morgan fingerprint density at radius 3 is 2.68 bits per heavy atom. The number of likely N-dealkylation sites (tertiary alicyclic amines) is 1.